The third-order valence-corrected chi connectivity index (χ3v) is 5.36. The molecule has 2 bridgehead atoms. The van der Waals surface area contributed by atoms with Crippen LogP contribution < -0.4 is 4.90 Å². The molecule has 0 radical (unpaired) electrons. The Labute approximate surface area is 145 Å². The highest BCUT2D eigenvalue weighted by atomic mass is 16.5. The second-order valence-corrected chi connectivity index (χ2v) is 7.04. The number of hydrogen-bond acceptors (Lipinski definition) is 5. The van der Waals surface area contributed by atoms with Crippen LogP contribution in [0, 0.1) is 11.8 Å². The van der Waals surface area contributed by atoms with Gasteiger partial charge in [0.2, 0.25) is 11.8 Å². The molecule has 0 saturated carbocycles. The average Bonchev–Trinajstić information content (AvgIpc) is 3.12. The molecule has 130 valence electrons. The number of nitrogens with zero attached hydrogens (tertiary/aromatic N) is 1. The highest BCUT2D eigenvalue weighted by molar-refractivity contribution is 6.23. The normalized spacial score (nSPS) is 35.4. The van der Waals surface area contributed by atoms with Gasteiger partial charge < -0.3 is 9.47 Å². The molecule has 0 N–H and O–H groups in total. The van der Waals surface area contributed by atoms with E-state index in [0.717, 1.165) is 0 Å². The molecule has 1 aromatic rings. The lowest BCUT2D eigenvalue weighted by atomic mass is 9.73. The number of anilines is 1. The Balaban J connectivity index is 1.66. The Morgan fingerprint density at radius 2 is 1.60 bits per heavy atom. The van der Waals surface area contributed by atoms with Crippen LogP contribution in [0.3, 0.4) is 0 Å². The lowest BCUT2D eigenvalue weighted by Gasteiger charge is -2.25. The summed E-state index contributed by atoms with van der Waals surface area (Å²) in [5.74, 6) is -1.97. The zero-order valence-electron chi connectivity index (χ0n) is 14.3. The maximum atomic E-state index is 13.0. The van der Waals surface area contributed by atoms with Crippen molar-refractivity contribution in [1.29, 1.82) is 0 Å². The molecular formula is C19H19NO5. The van der Waals surface area contributed by atoms with Gasteiger partial charge >= 0.3 is 5.97 Å². The maximum absolute atomic E-state index is 13.0. The average molecular weight is 341 g/mol. The number of rotatable bonds is 3. The van der Waals surface area contributed by atoms with Gasteiger partial charge in [-0.05, 0) is 45.0 Å². The number of ether oxygens (including phenoxy) is 2. The molecule has 3 heterocycles. The SMILES string of the molecule is CCOC(=O)c1ccc(N2C(=O)C3C(C2=O)C2(C)C=CC3(C)O2)cc1. The molecule has 2 amide bonds. The van der Waals surface area contributed by atoms with Gasteiger partial charge in [0.1, 0.15) is 0 Å². The number of carbonyl (C=O) groups is 3. The van der Waals surface area contributed by atoms with Crippen LogP contribution in [0.4, 0.5) is 5.69 Å². The molecule has 0 spiro atoms. The van der Waals surface area contributed by atoms with Crippen LogP contribution in [0.25, 0.3) is 0 Å². The molecule has 6 heteroatoms. The molecule has 1 aromatic carbocycles. The van der Waals surface area contributed by atoms with Crippen molar-refractivity contribution < 1.29 is 23.9 Å². The van der Waals surface area contributed by atoms with E-state index in [0.29, 0.717) is 11.3 Å². The molecule has 2 fully saturated rings. The molecule has 4 rings (SSSR count). The smallest absolute Gasteiger partial charge is 0.338 e. The molecule has 0 aromatic heterocycles. The summed E-state index contributed by atoms with van der Waals surface area (Å²) in [5.41, 5.74) is -0.643. The first-order valence-electron chi connectivity index (χ1n) is 8.36. The van der Waals surface area contributed by atoms with Crippen LogP contribution in [0.15, 0.2) is 36.4 Å². The molecule has 25 heavy (non-hydrogen) atoms. The van der Waals surface area contributed by atoms with E-state index in [-0.39, 0.29) is 18.4 Å². The second-order valence-electron chi connectivity index (χ2n) is 7.04. The Kier molecular flexibility index (Phi) is 3.22. The Morgan fingerprint density at radius 1 is 1.08 bits per heavy atom. The van der Waals surface area contributed by atoms with Crippen LogP contribution in [0.1, 0.15) is 31.1 Å². The van der Waals surface area contributed by atoms with Crippen molar-refractivity contribution in [3.63, 3.8) is 0 Å². The van der Waals surface area contributed by atoms with Gasteiger partial charge in [-0.1, -0.05) is 12.2 Å². The van der Waals surface area contributed by atoms with E-state index in [9.17, 15) is 14.4 Å². The van der Waals surface area contributed by atoms with Gasteiger partial charge in [0.15, 0.2) is 0 Å². The molecule has 3 aliphatic heterocycles. The van der Waals surface area contributed by atoms with Gasteiger partial charge in [0.25, 0.3) is 0 Å². The summed E-state index contributed by atoms with van der Waals surface area (Å²) in [5, 5.41) is 0. The quantitative estimate of drug-likeness (QED) is 0.478. The lowest BCUT2D eigenvalue weighted by molar-refractivity contribution is -0.128. The first kappa shape index (κ1) is 16.0. The summed E-state index contributed by atoms with van der Waals surface area (Å²) < 4.78 is 10.9. The van der Waals surface area contributed by atoms with Gasteiger partial charge in [-0.25, -0.2) is 9.69 Å². The van der Waals surface area contributed by atoms with Crippen molar-refractivity contribution in [2.24, 2.45) is 11.8 Å². The van der Waals surface area contributed by atoms with Gasteiger partial charge in [-0.15, -0.1) is 0 Å². The van der Waals surface area contributed by atoms with Gasteiger partial charge in [-0.3, -0.25) is 9.59 Å². The van der Waals surface area contributed by atoms with E-state index in [1.807, 2.05) is 26.0 Å². The molecule has 2 saturated heterocycles. The molecule has 3 aliphatic rings. The van der Waals surface area contributed by atoms with E-state index in [2.05, 4.69) is 0 Å². The van der Waals surface area contributed by atoms with Gasteiger partial charge in [0.05, 0.1) is 40.9 Å². The van der Waals surface area contributed by atoms with Crippen LogP contribution in [0.5, 0.6) is 0 Å². The largest absolute Gasteiger partial charge is 0.462 e. The van der Waals surface area contributed by atoms with Crippen LogP contribution in [0.2, 0.25) is 0 Å². The molecule has 0 aliphatic carbocycles. The van der Waals surface area contributed by atoms with Crippen molar-refractivity contribution in [1.82, 2.24) is 0 Å². The third-order valence-electron chi connectivity index (χ3n) is 5.36. The van der Waals surface area contributed by atoms with E-state index < -0.39 is 29.0 Å². The maximum Gasteiger partial charge on any atom is 0.338 e. The van der Waals surface area contributed by atoms with Crippen LogP contribution in [-0.4, -0.2) is 35.6 Å². The van der Waals surface area contributed by atoms with E-state index in [4.69, 9.17) is 9.47 Å². The van der Waals surface area contributed by atoms with Crippen molar-refractivity contribution in [3.8, 4) is 0 Å². The second kappa shape index (κ2) is 5.02. The summed E-state index contributed by atoms with van der Waals surface area (Å²) in [4.78, 5) is 38.9. The number of benzene rings is 1. The summed E-state index contributed by atoms with van der Waals surface area (Å²) >= 11 is 0. The number of hydrogen-bond donors (Lipinski definition) is 0. The van der Waals surface area contributed by atoms with E-state index in [1.54, 1.807) is 31.2 Å². The summed E-state index contributed by atoms with van der Waals surface area (Å²) in [7, 11) is 0. The Morgan fingerprint density at radius 3 is 2.08 bits per heavy atom. The number of fused-ring (bicyclic) bond motifs is 5. The van der Waals surface area contributed by atoms with Crippen LogP contribution in [-0.2, 0) is 19.1 Å². The van der Waals surface area contributed by atoms with Gasteiger partial charge in [0, 0.05) is 0 Å². The molecular weight excluding hydrogens is 322 g/mol. The van der Waals surface area contributed by atoms with Crippen molar-refractivity contribution >= 4 is 23.5 Å². The Hall–Kier alpha value is -2.47. The fourth-order valence-electron chi connectivity index (χ4n) is 4.25. The molecule has 6 nitrogen and oxygen atoms in total. The minimum atomic E-state index is -0.744. The van der Waals surface area contributed by atoms with Crippen molar-refractivity contribution in [2.45, 2.75) is 32.0 Å². The number of amides is 2. The highest BCUT2D eigenvalue weighted by Crippen LogP contribution is 2.57. The van der Waals surface area contributed by atoms with Crippen molar-refractivity contribution in [2.75, 3.05) is 11.5 Å². The summed E-state index contributed by atoms with van der Waals surface area (Å²) in [6.45, 7) is 5.71. The predicted octanol–water partition coefficient (Wildman–Crippen LogP) is 2.09. The fraction of sp³-hybridized carbons (Fsp3) is 0.421. The number of esters is 1. The zero-order valence-corrected chi connectivity index (χ0v) is 14.3. The standard InChI is InChI=1S/C19H19NO5/c1-4-24-17(23)11-5-7-12(8-6-11)20-15(21)13-14(16(20)22)19(3)10-9-18(13,2)25-19/h5-10,13-14H,4H2,1-3H3. The molecule has 4 atom stereocenters. The predicted molar refractivity (Wildman–Crippen MR) is 88.9 cm³/mol. The third kappa shape index (κ3) is 2.03. The number of imide groups is 1. The first-order valence-corrected chi connectivity index (χ1v) is 8.36. The van der Waals surface area contributed by atoms with E-state index >= 15 is 0 Å². The molecule has 4 unspecified atom stereocenters. The van der Waals surface area contributed by atoms with E-state index in [1.165, 1.54) is 4.90 Å². The van der Waals surface area contributed by atoms with Gasteiger partial charge in [-0.2, -0.15) is 0 Å². The fourth-order valence-corrected chi connectivity index (χ4v) is 4.25. The zero-order chi connectivity index (χ0) is 18.0. The first-order chi connectivity index (χ1) is 11.8. The topological polar surface area (TPSA) is 72.9 Å². The lowest BCUT2D eigenvalue weighted by Crippen LogP contribution is -2.39. The Bertz CT molecular complexity index is 778. The minimum absolute atomic E-state index is 0.255. The monoisotopic (exact) mass is 341 g/mol. The summed E-state index contributed by atoms with van der Waals surface area (Å²) in [6, 6.07) is 6.33. The van der Waals surface area contributed by atoms with Crippen LogP contribution >= 0.6 is 0 Å². The minimum Gasteiger partial charge on any atom is -0.462 e. The van der Waals surface area contributed by atoms with Crippen molar-refractivity contribution in [3.05, 3.63) is 42.0 Å². The summed E-state index contributed by atoms with van der Waals surface area (Å²) in [6.07, 6.45) is 3.76. The highest BCUT2D eigenvalue weighted by Gasteiger charge is 2.70. The number of carbonyl (C=O) groups excluding carboxylic acids is 3.